The maximum atomic E-state index is 12.7. The number of phenols is 1. The fourth-order valence-corrected chi connectivity index (χ4v) is 3.09. The molecule has 0 saturated heterocycles. The number of phenolic OH excluding ortho intramolecular Hbond substituents is 1. The van der Waals surface area contributed by atoms with E-state index in [4.69, 9.17) is 0 Å². The third-order valence-electron chi connectivity index (χ3n) is 4.63. The molecule has 0 radical (unpaired) electrons. The van der Waals surface area contributed by atoms with Crippen molar-refractivity contribution in [2.24, 2.45) is 0 Å². The Hall–Kier alpha value is -3.47. The van der Waals surface area contributed by atoms with Gasteiger partial charge < -0.3 is 10.4 Å². The van der Waals surface area contributed by atoms with E-state index >= 15 is 0 Å². The van der Waals surface area contributed by atoms with Crippen LogP contribution in [0.4, 0.5) is 5.69 Å². The van der Waals surface area contributed by atoms with Gasteiger partial charge in [-0.25, -0.2) is 0 Å². The van der Waals surface area contributed by atoms with Gasteiger partial charge in [-0.1, -0.05) is 38.1 Å². The van der Waals surface area contributed by atoms with Crippen LogP contribution in [-0.2, 0) is 0 Å². The molecule has 0 atom stereocenters. The molecular formula is C23H21NO4. The van der Waals surface area contributed by atoms with E-state index in [1.54, 1.807) is 38.1 Å². The Labute approximate surface area is 163 Å². The van der Waals surface area contributed by atoms with E-state index in [9.17, 15) is 19.5 Å². The van der Waals surface area contributed by atoms with Crippen LogP contribution in [0.15, 0.2) is 54.6 Å². The lowest BCUT2D eigenvalue weighted by molar-refractivity contribution is 0.0955. The van der Waals surface area contributed by atoms with Crippen LogP contribution in [-0.4, -0.2) is 22.6 Å². The van der Waals surface area contributed by atoms with E-state index in [2.05, 4.69) is 5.32 Å². The quantitative estimate of drug-likeness (QED) is 0.595. The summed E-state index contributed by atoms with van der Waals surface area (Å²) in [5.41, 5.74) is 1.19. The van der Waals surface area contributed by atoms with Crippen LogP contribution in [0.2, 0.25) is 0 Å². The van der Waals surface area contributed by atoms with Crippen molar-refractivity contribution in [3.05, 3.63) is 71.3 Å². The van der Waals surface area contributed by atoms with Crippen LogP contribution in [0.3, 0.4) is 0 Å². The summed E-state index contributed by atoms with van der Waals surface area (Å²) in [6.45, 7) is 3.46. The summed E-state index contributed by atoms with van der Waals surface area (Å²) in [5, 5.41) is 14.6. The summed E-state index contributed by atoms with van der Waals surface area (Å²) >= 11 is 0. The van der Waals surface area contributed by atoms with Gasteiger partial charge in [0.2, 0.25) is 0 Å². The Balaban J connectivity index is 1.95. The Morgan fingerprint density at radius 1 is 0.786 bits per heavy atom. The number of fused-ring (bicyclic) bond motifs is 1. The molecular weight excluding hydrogens is 354 g/mol. The topological polar surface area (TPSA) is 83.5 Å². The highest BCUT2D eigenvalue weighted by molar-refractivity contribution is 6.12. The standard InChI is InChI=1S/C23H21NO4/c1-3-20(25)17-10-9-16(13-18(17)21(26)4-2)24-23(28)19-11-14-7-5-6-8-15(14)12-22(19)27/h5-13,27H,3-4H2,1-2H3,(H,24,28). The molecule has 5 nitrogen and oxygen atoms in total. The lowest BCUT2D eigenvalue weighted by atomic mass is 9.97. The molecule has 2 N–H and O–H groups in total. The minimum absolute atomic E-state index is 0.123. The lowest BCUT2D eigenvalue weighted by Gasteiger charge is -2.12. The number of ketones is 2. The van der Waals surface area contributed by atoms with Crippen LogP contribution in [0.5, 0.6) is 5.75 Å². The molecule has 0 aliphatic heterocycles. The summed E-state index contributed by atoms with van der Waals surface area (Å²) < 4.78 is 0. The summed E-state index contributed by atoms with van der Waals surface area (Å²) in [4.78, 5) is 37.0. The van der Waals surface area contributed by atoms with Gasteiger partial charge in [0, 0.05) is 29.7 Å². The van der Waals surface area contributed by atoms with E-state index in [1.165, 1.54) is 6.07 Å². The number of hydrogen-bond donors (Lipinski definition) is 2. The van der Waals surface area contributed by atoms with Crippen LogP contribution < -0.4 is 5.32 Å². The second-order valence-electron chi connectivity index (χ2n) is 6.48. The molecule has 0 aromatic heterocycles. The highest BCUT2D eigenvalue weighted by Crippen LogP contribution is 2.26. The van der Waals surface area contributed by atoms with Crippen LogP contribution in [0.25, 0.3) is 10.8 Å². The molecule has 1 amide bonds. The van der Waals surface area contributed by atoms with E-state index < -0.39 is 5.91 Å². The Morgan fingerprint density at radius 3 is 2.04 bits per heavy atom. The van der Waals surface area contributed by atoms with Crippen molar-refractivity contribution in [3.63, 3.8) is 0 Å². The zero-order valence-electron chi connectivity index (χ0n) is 15.8. The number of carbonyl (C=O) groups excluding carboxylic acids is 3. The summed E-state index contributed by atoms with van der Waals surface area (Å²) in [6, 6.07) is 15.2. The van der Waals surface area contributed by atoms with E-state index in [0.29, 0.717) is 23.2 Å². The van der Waals surface area contributed by atoms with Gasteiger partial charge in [0.15, 0.2) is 11.6 Å². The zero-order valence-corrected chi connectivity index (χ0v) is 15.8. The van der Waals surface area contributed by atoms with Crippen molar-refractivity contribution >= 4 is 33.9 Å². The summed E-state index contributed by atoms with van der Waals surface area (Å²) in [5.74, 6) is -0.908. The van der Waals surface area contributed by atoms with Crippen molar-refractivity contribution in [1.29, 1.82) is 0 Å². The second kappa shape index (κ2) is 8.05. The van der Waals surface area contributed by atoms with Crippen LogP contribution in [0, 0.1) is 0 Å². The van der Waals surface area contributed by atoms with E-state index in [1.807, 2.05) is 24.3 Å². The van der Waals surface area contributed by atoms with Crippen LogP contribution in [0.1, 0.15) is 57.8 Å². The van der Waals surface area contributed by atoms with Crippen LogP contribution >= 0.6 is 0 Å². The predicted octanol–water partition coefficient (Wildman–Crippen LogP) is 4.98. The summed E-state index contributed by atoms with van der Waals surface area (Å²) in [6.07, 6.45) is 0.549. The van der Waals surface area contributed by atoms with Crippen molar-refractivity contribution in [3.8, 4) is 5.75 Å². The number of anilines is 1. The highest BCUT2D eigenvalue weighted by atomic mass is 16.3. The summed E-state index contributed by atoms with van der Waals surface area (Å²) in [7, 11) is 0. The smallest absolute Gasteiger partial charge is 0.259 e. The van der Waals surface area contributed by atoms with Crippen molar-refractivity contribution < 1.29 is 19.5 Å². The Bertz CT molecular complexity index is 1090. The molecule has 3 rings (SSSR count). The first-order chi connectivity index (χ1) is 13.4. The Morgan fingerprint density at radius 2 is 1.39 bits per heavy atom. The number of Topliss-reactive ketones (excluding diaryl/α,β-unsaturated/α-hetero) is 2. The largest absolute Gasteiger partial charge is 0.507 e. The maximum absolute atomic E-state index is 12.7. The maximum Gasteiger partial charge on any atom is 0.259 e. The molecule has 142 valence electrons. The number of carbonyl (C=O) groups is 3. The molecule has 0 heterocycles. The number of amides is 1. The molecule has 0 aliphatic carbocycles. The molecule has 28 heavy (non-hydrogen) atoms. The molecule has 3 aromatic rings. The molecule has 0 aliphatic rings. The van der Waals surface area contributed by atoms with Gasteiger partial charge >= 0.3 is 0 Å². The van der Waals surface area contributed by atoms with E-state index in [0.717, 1.165) is 10.8 Å². The average molecular weight is 375 g/mol. The SMILES string of the molecule is CCC(=O)c1ccc(NC(=O)c2cc3ccccc3cc2O)cc1C(=O)CC. The third-order valence-corrected chi connectivity index (χ3v) is 4.63. The van der Waals surface area contributed by atoms with Crippen molar-refractivity contribution in [2.45, 2.75) is 26.7 Å². The van der Waals surface area contributed by atoms with Gasteiger partial charge in [0.25, 0.3) is 5.91 Å². The minimum Gasteiger partial charge on any atom is -0.507 e. The highest BCUT2D eigenvalue weighted by Gasteiger charge is 2.18. The predicted molar refractivity (Wildman–Crippen MR) is 109 cm³/mol. The first kappa shape index (κ1) is 19.3. The molecule has 0 saturated carbocycles. The first-order valence-corrected chi connectivity index (χ1v) is 9.18. The second-order valence-corrected chi connectivity index (χ2v) is 6.48. The van der Waals surface area contributed by atoms with E-state index in [-0.39, 0.29) is 29.3 Å². The zero-order chi connectivity index (χ0) is 20.3. The van der Waals surface area contributed by atoms with Gasteiger partial charge in [-0.2, -0.15) is 0 Å². The van der Waals surface area contributed by atoms with Crippen molar-refractivity contribution in [1.82, 2.24) is 0 Å². The molecule has 0 unspecified atom stereocenters. The van der Waals surface area contributed by atoms with Crippen molar-refractivity contribution in [2.75, 3.05) is 5.32 Å². The van der Waals surface area contributed by atoms with Gasteiger partial charge in [-0.05, 0) is 41.1 Å². The lowest BCUT2D eigenvalue weighted by Crippen LogP contribution is -2.14. The molecule has 0 spiro atoms. The number of rotatable bonds is 6. The monoisotopic (exact) mass is 375 g/mol. The molecule has 5 heteroatoms. The Kier molecular flexibility index (Phi) is 5.54. The number of aromatic hydroxyl groups is 1. The molecule has 3 aromatic carbocycles. The van der Waals surface area contributed by atoms with Gasteiger partial charge in [0.05, 0.1) is 5.56 Å². The third kappa shape index (κ3) is 3.78. The first-order valence-electron chi connectivity index (χ1n) is 9.18. The van der Waals surface area contributed by atoms with Gasteiger partial charge in [0.1, 0.15) is 5.75 Å². The molecule has 0 bridgehead atoms. The van der Waals surface area contributed by atoms with Gasteiger partial charge in [-0.15, -0.1) is 0 Å². The fourth-order valence-electron chi connectivity index (χ4n) is 3.09. The number of benzene rings is 3. The molecule has 0 fully saturated rings. The average Bonchev–Trinajstić information content (AvgIpc) is 2.71. The number of hydrogen-bond acceptors (Lipinski definition) is 4. The normalized spacial score (nSPS) is 10.6. The fraction of sp³-hybridized carbons (Fsp3) is 0.174. The minimum atomic E-state index is -0.493. The number of nitrogens with one attached hydrogen (secondary N) is 1. The van der Waals surface area contributed by atoms with Gasteiger partial charge in [-0.3, -0.25) is 14.4 Å².